The number of aryl methyl sites for hydroxylation is 2. The van der Waals surface area contributed by atoms with Crippen molar-refractivity contribution < 1.29 is 8.42 Å². The minimum Gasteiger partial charge on any atom is -0.234 e. The highest BCUT2D eigenvalue weighted by Crippen LogP contribution is 2.27. The summed E-state index contributed by atoms with van der Waals surface area (Å²) in [6.07, 6.45) is 1.48. The third kappa shape index (κ3) is 2.32. The Labute approximate surface area is 128 Å². The molecule has 0 radical (unpaired) electrons. The molecule has 0 N–H and O–H groups in total. The van der Waals surface area contributed by atoms with Crippen LogP contribution in [-0.4, -0.2) is 17.4 Å². The van der Waals surface area contributed by atoms with Gasteiger partial charge in [-0.05, 0) is 38.1 Å². The SMILES string of the molecule is Cc1ccc(S(=O)(=O)n2ccc3c(Cl)cc(C)nc32)cc1. The van der Waals surface area contributed by atoms with Gasteiger partial charge in [0.15, 0.2) is 5.65 Å². The van der Waals surface area contributed by atoms with E-state index in [1.807, 2.05) is 6.92 Å². The minimum absolute atomic E-state index is 0.227. The molecule has 2 aromatic heterocycles. The van der Waals surface area contributed by atoms with Crippen LogP contribution in [-0.2, 0) is 10.0 Å². The monoisotopic (exact) mass is 320 g/mol. The molecule has 0 atom stereocenters. The summed E-state index contributed by atoms with van der Waals surface area (Å²) in [6, 6.07) is 10.1. The number of nitrogens with zero attached hydrogens (tertiary/aromatic N) is 2. The molecule has 0 saturated heterocycles. The van der Waals surface area contributed by atoms with Crippen molar-refractivity contribution in [2.75, 3.05) is 0 Å². The normalized spacial score (nSPS) is 12.0. The van der Waals surface area contributed by atoms with Crippen molar-refractivity contribution in [3.8, 4) is 0 Å². The van der Waals surface area contributed by atoms with Crippen molar-refractivity contribution in [1.29, 1.82) is 0 Å². The zero-order chi connectivity index (χ0) is 15.2. The predicted molar refractivity (Wildman–Crippen MR) is 83.2 cm³/mol. The summed E-state index contributed by atoms with van der Waals surface area (Å²) in [5.41, 5.74) is 2.02. The Morgan fingerprint density at radius 1 is 1.10 bits per heavy atom. The second kappa shape index (κ2) is 4.86. The first-order valence-corrected chi connectivity index (χ1v) is 8.18. The summed E-state index contributed by atoms with van der Waals surface area (Å²) < 4.78 is 26.6. The third-order valence-corrected chi connectivity index (χ3v) is 5.27. The minimum atomic E-state index is -3.68. The lowest BCUT2D eigenvalue weighted by Gasteiger charge is -2.08. The molecule has 3 rings (SSSR count). The van der Waals surface area contributed by atoms with Crippen molar-refractivity contribution in [1.82, 2.24) is 8.96 Å². The summed E-state index contributed by atoms with van der Waals surface area (Å²) in [6.45, 7) is 3.69. The molecule has 108 valence electrons. The van der Waals surface area contributed by atoms with Gasteiger partial charge in [0.05, 0.1) is 9.92 Å². The van der Waals surface area contributed by atoms with Crippen molar-refractivity contribution >= 4 is 32.7 Å². The van der Waals surface area contributed by atoms with Gasteiger partial charge in [-0.2, -0.15) is 0 Å². The Morgan fingerprint density at radius 3 is 2.43 bits per heavy atom. The van der Waals surface area contributed by atoms with Crippen molar-refractivity contribution in [3.63, 3.8) is 0 Å². The van der Waals surface area contributed by atoms with E-state index in [-0.39, 0.29) is 4.90 Å². The highest BCUT2D eigenvalue weighted by Gasteiger charge is 2.20. The van der Waals surface area contributed by atoms with Gasteiger partial charge in [-0.1, -0.05) is 29.3 Å². The average molecular weight is 321 g/mol. The summed E-state index contributed by atoms with van der Waals surface area (Å²) in [4.78, 5) is 4.53. The second-order valence-corrected chi connectivity index (χ2v) is 7.13. The van der Waals surface area contributed by atoms with E-state index in [0.717, 1.165) is 5.56 Å². The fraction of sp³-hybridized carbons (Fsp3) is 0.133. The molecule has 21 heavy (non-hydrogen) atoms. The Hall–Kier alpha value is -1.85. The van der Waals surface area contributed by atoms with Crippen LogP contribution in [0.4, 0.5) is 0 Å². The predicted octanol–water partition coefficient (Wildman–Crippen LogP) is 3.54. The smallest absolute Gasteiger partial charge is 0.234 e. The van der Waals surface area contributed by atoms with E-state index in [4.69, 9.17) is 11.6 Å². The van der Waals surface area contributed by atoms with Gasteiger partial charge in [-0.25, -0.2) is 17.4 Å². The van der Waals surface area contributed by atoms with Crippen LogP contribution in [0.3, 0.4) is 0 Å². The summed E-state index contributed by atoms with van der Waals surface area (Å²) in [5, 5.41) is 1.12. The quantitative estimate of drug-likeness (QED) is 0.725. The lowest BCUT2D eigenvalue weighted by atomic mass is 10.2. The number of rotatable bonds is 2. The molecule has 0 fully saturated rings. The van der Waals surface area contributed by atoms with E-state index in [1.165, 1.54) is 10.2 Å². The van der Waals surface area contributed by atoms with Gasteiger partial charge in [0.2, 0.25) is 0 Å². The number of aromatic nitrogens is 2. The lowest BCUT2D eigenvalue weighted by Crippen LogP contribution is -2.12. The van der Waals surface area contributed by atoms with E-state index in [1.54, 1.807) is 43.3 Å². The van der Waals surface area contributed by atoms with Gasteiger partial charge in [-0.3, -0.25) is 0 Å². The summed E-state index contributed by atoms with van der Waals surface area (Å²) in [5.74, 6) is 0. The molecule has 1 aromatic carbocycles. The molecule has 2 heterocycles. The molecule has 0 aliphatic heterocycles. The van der Waals surface area contributed by atoms with Crippen LogP contribution < -0.4 is 0 Å². The first-order valence-electron chi connectivity index (χ1n) is 6.36. The van der Waals surface area contributed by atoms with Crippen LogP contribution in [0.1, 0.15) is 11.3 Å². The van der Waals surface area contributed by atoms with Crippen molar-refractivity contribution in [3.05, 3.63) is 58.9 Å². The molecule has 0 saturated carbocycles. The lowest BCUT2D eigenvalue weighted by molar-refractivity contribution is 0.588. The van der Waals surface area contributed by atoms with Crippen LogP contribution in [0.2, 0.25) is 5.02 Å². The fourth-order valence-corrected chi connectivity index (χ4v) is 3.78. The molecule has 0 amide bonds. The second-order valence-electron chi connectivity index (χ2n) is 4.91. The van der Waals surface area contributed by atoms with E-state index >= 15 is 0 Å². The molecular weight excluding hydrogens is 308 g/mol. The molecule has 0 spiro atoms. The average Bonchev–Trinajstić information content (AvgIpc) is 2.83. The van der Waals surface area contributed by atoms with Crippen LogP contribution in [0.15, 0.2) is 47.5 Å². The number of benzene rings is 1. The summed E-state index contributed by atoms with van der Waals surface area (Å²) in [7, 11) is -3.68. The Balaban J connectivity index is 2.27. The zero-order valence-corrected chi connectivity index (χ0v) is 13.1. The van der Waals surface area contributed by atoms with E-state index in [9.17, 15) is 8.42 Å². The van der Waals surface area contributed by atoms with Gasteiger partial charge in [0, 0.05) is 17.3 Å². The standard InChI is InChI=1S/C15H13ClN2O2S/c1-10-3-5-12(6-4-10)21(19,20)18-8-7-13-14(16)9-11(2)17-15(13)18/h3-9H,1-2H3. The Kier molecular flexibility index (Phi) is 3.26. The van der Waals surface area contributed by atoms with Gasteiger partial charge in [0.1, 0.15) is 0 Å². The first-order chi connectivity index (χ1) is 9.89. The molecule has 0 bridgehead atoms. The van der Waals surface area contributed by atoms with E-state index in [2.05, 4.69) is 4.98 Å². The van der Waals surface area contributed by atoms with Gasteiger partial charge in [-0.15, -0.1) is 0 Å². The maximum atomic E-state index is 12.7. The van der Waals surface area contributed by atoms with Crippen molar-refractivity contribution in [2.45, 2.75) is 18.7 Å². The number of hydrogen-bond donors (Lipinski definition) is 0. The molecule has 3 aromatic rings. The van der Waals surface area contributed by atoms with Crippen LogP contribution >= 0.6 is 11.6 Å². The van der Waals surface area contributed by atoms with Crippen LogP contribution in [0, 0.1) is 13.8 Å². The zero-order valence-electron chi connectivity index (χ0n) is 11.5. The Morgan fingerprint density at radius 2 is 1.76 bits per heavy atom. The fourth-order valence-electron chi connectivity index (χ4n) is 2.18. The highest BCUT2D eigenvalue weighted by molar-refractivity contribution is 7.90. The molecule has 0 unspecified atom stereocenters. The Bertz CT molecular complexity index is 928. The number of pyridine rings is 1. The molecular formula is C15H13ClN2O2S. The van der Waals surface area contributed by atoms with Gasteiger partial charge < -0.3 is 0 Å². The number of halogens is 1. The maximum Gasteiger partial charge on any atom is 0.269 e. The van der Waals surface area contributed by atoms with Crippen LogP contribution in [0.5, 0.6) is 0 Å². The molecule has 4 nitrogen and oxygen atoms in total. The molecule has 0 aliphatic rings. The maximum absolute atomic E-state index is 12.7. The summed E-state index contributed by atoms with van der Waals surface area (Å²) >= 11 is 6.14. The van der Waals surface area contributed by atoms with Crippen molar-refractivity contribution in [2.24, 2.45) is 0 Å². The topological polar surface area (TPSA) is 52.0 Å². The third-order valence-electron chi connectivity index (χ3n) is 3.28. The molecule has 0 aliphatic carbocycles. The van der Waals surface area contributed by atoms with E-state index < -0.39 is 10.0 Å². The van der Waals surface area contributed by atoms with Gasteiger partial charge >= 0.3 is 0 Å². The highest BCUT2D eigenvalue weighted by atomic mass is 35.5. The first kappa shape index (κ1) is 14.1. The van der Waals surface area contributed by atoms with E-state index in [0.29, 0.717) is 21.7 Å². The number of fused-ring (bicyclic) bond motifs is 1. The largest absolute Gasteiger partial charge is 0.269 e. The molecule has 6 heteroatoms. The van der Waals surface area contributed by atoms with Gasteiger partial charge in [0.25, 0.3) is 10.0 Å². The number of hydrogen-bond acceptors (Lipinski definition) is 3. The van der Waals surface area contributed by atoms with Crippen LogP contribution in [0.25, 0.3) is 11.0 Å².